The number of hydrogen-bond acceptors (Lipinski definition) is 9. The molecule has 0 saturated carbocycles. The van der Waals surface area contributed by atoms with Crippen molar-refractivity contribution in [2.24, 2.45) is 0 Å². The summed E-state index contributed by atoms with van der Waals surface area (Å²) in [5.41, 5.74) is 3.97. The lowest BCUT2D eigenvalue weighted by atomic mass is 9.95. The maximum Gasteiger partial charge on any atom is 0.301 e. The molecule has 0 radical (unpaired) electrons. The molecule has 1 fully saturated rings. The summed E-state index contributed by atoms with van der Waals surface area (Å²) in [4.78, 5) is 28.7. The third-order valence-corrected chi connectivity index (χ3v) is 10.2. The molecule has 250 valence electrons. The molecule has 2 heterocycles. The molecule has 5 aromatic rings. The average molecular weight is 696 g/mol. The number of aryl methyl sites for hydroxylation is 1. The zero-order valence-electron chi connectivity index (χ0n) is 27.0. The number of halogens is 1. The third-order valence-electron chi connectivity index (χ3n) is 8.07. The first-order valence-electron chi connectivity index (χ1n) is 15.8. The molecule has 4 aromatic carbocycles. The molecule has 6 rings (SSSR count). The number of aliphatic hydroxyl groups is 1. The van der Waals surface area contributed by atoms with Crippen molar-refractivity contribution >= 4 is 45.7 Å². The van der Waals surface area contributed by atoms with Crippen LogP contribution in [-0.2, 0) is 21.9 Å². The number of carbonyl (C=O) groups is 2. The van der Waals surface area contributed by atoms with Crippen LogP contribution in [0.15, 0.2) is 107 Å². The molecule has 0 aliphatic carbocycles. The molecule has 1 aromatic heterocycles. The summed E-state index contributed by atoms with van der Waals surface area (Å²) in [5.74, 6) is -0.511. The van der Waals surface area contributed by atoms with Gasteiger partial charge in [0.1, 0.15) is 29.7 Å². The topological polar surface area (TPSA) is 102 Å². The number of aliphatic hydroxyl groups excluding tert-OH is 1. The SMILES string of the molecule is CCCCOc1ccc(C2/C(=C(\O)c3ccc(OCc4ccccc4C)cc3)C(=O)C(=O)N2c2nnc(SCc3ccc(F)cc3)s2)cc1. The molecule has 0 bridgehead atoms. The number of anilines is 1. The highest BCUT2D eigenvalue weighted by Gasteiger charge is 2.48. The number of aromatic nitrogens is 2. The molecule has 49 heavy (non-hydrogen) atoms. The third kappa shape index (κ3) is 7.84. The van der Waals surface area contributed by atoms with Gasteiger partial charge in [0.15, 0.2) is 4.34 Å². The van der Waals surface area contributed by atoms with Gasteiger partial charge in [-0.25, -0.2) is 4.39 Å². The van der Waals surface area contributed by atoms with Gasteiger partial charge in [-0.3, -0.25) is 14.5 Å². The first-order valence-corrected chi connectivity index (χ1v) is 17.6. The minimum absolute atomic E-state index is 0.0612. The summed E-state index contributed by atoms with van der Waals surface area (Å²) in [6.07, 6.45) is 1.91. The second-order valence-electron chi connectivity index (χ2n) is 11.4. The summed E-state index contributed by atoms with van der Waals surface area (Å²) in [7, 11) is 0. The standard InChI is InChI=1S/C38H34FN3O5S2/c1-3-4-21-46-30-17-11-26(12-18-30)33-32(34(43)27-13-19-31(20-14-27)47-22-28-8-6-5-7-24(28)2)35(44)36(45)42(33)37-40-41-38(49-37)48-23-25-9-15-29(39)16-10-25/h5-20,33,43H,3-4,21-23H2,1-2H3/b34-32+. The van der Waals surface area contributed by atoms with E-state index in [2.05, 4.69) is 17.1 Å². The highest BCUT2D eigenvalue weighted by atomic mass is 32.2. The van der Waals surface area contributed by atoms with Gasteiger partial charge in [-0.2, -0.15) is 0 Å². The number of amides is 1. The Kier molecular flexibility index (Phi) is 10.7. The molecule has 11 heteroatoms. The summed E-state index contributed by atoms with van der Waals surface area (Å²) in [5, 5.41) is 20.4. The Bertz CT molecular complexity index is 1960. The molecular weight excluding hydrogens is 662 g/mol. The number of carbonyl (C=O) groups excluding carboxylic acids is 2. The van der Waals surface area contributed by atoms with E-state index in [4.69, 9.17) is 9.47 Å². The minimum atomic E-state index is -0.968. The quantitative estimate of drug-likeness (QED) is 0.0326. The molecule has 1 amide bonds. The number of Topliss-reactive ketones (excluding diaryl/α,β-unsaturated/α-hetero) is 1. The zero-order chi connectivity index (χ0) is 34.3. The van der Waals surface area contributed by atoms with Crippen molar-refractivity contribution in [3.05, 3.63) is 136 Å². The Morgan fingerprint density at radius 2 is 1.61 bits per heavy atom. The van der Waals surface area contributed by atoms with Gasteiger partial charge in [0.05, 0.1) is 18.2 Å². The van der Waals surface area contributed by atoms with E-state index in [0.29, 0.717) is 45.9 Å². The highest BCUT2D eigenvalue weighted by Crippen LogP contribution is 2.44. The predicted molar refractivity (Wildman–Crippen MR) is 189 cm³/mol. The number of rotatable bonds is 13. The van der Waals surface area contributed by atoms with E-state index in [1.807, 2.05) is 31.2 Å². The second kappa shape index (κ2) is 15.5. The van der Waals surface area contributed by atoms with Crippen molar-refractivity contribution in [1.82, 2.24) is 10.2 Å². The van der Waals surface area contributed by atoms with Crippen molar-refractivity contribution < 1.29 is 28.6 Å². The number of benzene rings is 4. The maximum absolute atomic E-state index is 13.7. The molecule has 8 nitrogen and oxygen atoms in total. The normalized spacial score (nSPS) is 15.5. The van der Waals surface area contributed by atoms with Crippen LogP contribution in [0, 0.1) is 12.7 Å². The predicted octanol–water partition coefficient (Wildman–Crippen LogP) is 8.66. The highest BCUT2D eigenvalue weighted by molar-refractivity contribution is 8.00. The van der Waals surface area contributed by atoms with E-state index in [9.17, 15) is 19.1 Å². The van der Waals surface area contributed by atoms with E-state index in [1.54, 1.807) is 60.7 Å². The molecular formula is C38H34FN3O5S2. The summed E-state index contributed by atoms with van der Waals surface area (Å²) < 4.78 is 25.7. The fourth-order valence-corrected chi connectivity index (χ4v) is 7.13. The number of hydrogen-bond donors (Lipinski definition) is 1. The Hall–Kier alpha value is -5.00. The Balaban J connectivity index is 1.30. The van der Waals surface area contributed by atoms with Gasteiger partial charge >= 0.3 is 5.91 Å². The first-order chi connectivity index (χ1) is 23.8. The monoisotopic (exact) mass is 695 g/mol. The minimum Gasteiger partial charge on any atom is -0.507 e. The molecule has 1 unspecified atom stereocenters. The van der Waals surface area contributed by atoms with E-state index < -0.39 is 17.7 Å². The molecule has 1 atom stereocenters. The summed E-state index contributed by atoms with van der Waals surface area (Å²) in [6.45, 7) is 5.06. The number of unbranched alkanes of at least 4 members (excludes halogenated alkanes) is 1. The molecule has 0 spiro atoms. The van der Waals surface area contributed by atoms with E-state index in [-0.39, 0.29) is 22.3 Å². The van der Waals surface area contributed by atoms with Gasteiger partial charge in [-0.1, -0.05) is 85.0 Å². The second-order valence-corrected chi connectivity index (χ2v) is 13.6. The Morgan fingerprint density at radius 3 is 2.33 bits per heavy atom. The lowest BCUT2D eigenvalue weighted by Gasteiger charge is -2.22. The number of ether oxygens (including phenoxy) is 2. The van der Waals surface area contributed by atoms with Crippen LogP contribution in [0.3, 0.4) is 0 Å². The van der Waals surface area contributed by atoms with Crippen molar-refractivity contribution in [2.45, 2.75) is 49.4 Å². The zero-order valence-corrected chi connectivity index (χ0v) is 28.6. The summed E-state index contributed by atoms with van der Waals surface area (Å²) >= 11 is 2.55. The van der Waals surface area contributed by atoms with Crippen molar-refractivity contribution in [2.75, 3.05) is 11.5 Å². The smallest absolute Gasteiger partial charge is 0.301 e. The maximum atomic E-state index is 13.7. The average Bonchev–Trinajstić information content (AvgIpc) is 3.69. The van der Waals surface area contributed by atoms with Crippen LogP contribution in [0.2, 0.25) is 0 Å². The van der Waals surface area contributed by atoms with Crippen LogP contribution < -0.4 is 14.4 Å². The lowest BCUT2D eigenvalue weighted by molar-refractivity contribution is -0.132. The van der Waals surface area contributed by atoms with E-state index in [1.165, 1.54) is 28.8 Å². The lowest BCUT2D eigenvalue weighted by Crippen LogP contribution is -2.29. The van der Waals surface area contributed by atoms with Gasteiger partial charge in [0.25, 0.3) is 5.78 Å². The fourth-order valence-electron chi connectivity index (χ4n) is 5.31. The van der Waals surface area contributed by atoms with Gasteiger partial charge in [0, 0.05) is 11.3 Å². The molecule has 1 aliphatic rings. The number of nitrogens with zero attached hydrogens (tertiary/aromatic N) is 3. The Labute approximate surface area is 292 Å². The fraction of sp³-hybridized carbons (Fsp3) is 0.211. The van der Waals surface area contributed by atoms with Crippen molar-refractivity contribution in [3.8, 4) is 11.5 Å². The van der Waals surface area contributed by atoms with Crippen LogP contribution in [-0.4, -0.2) is 33.6 Å². The van der Waals surface area contributed by atoms with Crippen LogP contribution in [0.5, 0.6) is 11.5 Å². The van der Waals surface area contributed by atoms with Gasteiger partial charge in [-0.05, 0) is 84.1 Å². The van der Waals surface area contributed by atoms with Crippen LogP contribution in [0.4, 0.5) is 9.52 Å². The Morgan fingerprint density at radius 1 is 0.918 bits per heavy atom. The van der Waals surface area contributed by atoms with Gasteiger partial charge < -0.3 is 14.6 Å². The molecule has 1 N–H and O–H groups in total. The van der Waals surface area contributed by atoms with E-state index >= 15 is 0 Å². The number of ketones is 1. The largest absolute Gasteiger partial charge is 0.507 e. The number of thioether (sulfide) groups is 1. The van der Waals surface area contributed by atoms with Crippen molar-refractivity contribution in [1.29, 1.82) is 0 Å². The van der Waals surface area contributed by atoms with E-state index in [0.717, 1.165) is 40.9 Å². The first kappa shape index (κ1) is 33.9. The molecule has 1 saturated heterocycles. The van der Waals surface area contributed by atoms with Crippen LogP contribution in [0.1, 0.15) is 53.6 Å². The van der Waals surface area contributed by atoms with Crippen LogP contribution in [0.25, 0.3) is 5.76 Å². The van der Waals surface area contributed by atoms with Gasteiger partial charge in [0.2, 0.25) is 5.13 Å². The molecule has 1 aliphatic heterocycles. The van der Waals surface area contributed by atoms with Crippen molar-refractivity contribution in [3.63, 3.8) is 0 Å². The summed E-state index contributed by atoms with van der Waals surface area (Å²) in [6, 6.07) is 27.1. The van der Waals surface area contributed by atoms with Gasteiger partial charge in [-0.15, -0.1) is 10.2 Å². The van der Waals surface area contributed by atoms with Crippen LogP contribution >= 0.6 is 23.1 Å².